The minimum atomic E-state index is -0.244. The Kier molecular flexibility index (Phi) is 5.20. The number of nitrogens with zero attached hydrogens (tertiary/aromatic N) is 1. The fraction of sp³-hybridized carbons (Fsp3) is 0.438. The van der Waals surface area contributed by atoms with Crippen LogP contribution in [0.1, 0.15) is 22.3 Å². The lowest BCUT2D eigenvalue weighted by Gasteiger charge is -2.16. The summed E-state index contributed by atoms with van der Waals surface area (Å²) in [5, 5.41) is 17.9. The van der Waals surface area contributed by atoms with Crippen LogP contribution >= 0.6 is 0 Å². The molecule has 1 fully saturated rings. The van der Waals surface area contributed by atoms with Gasteiger partial charge in [-0.05, 0) is 24.6 Å². The van der Waals surface area contributed by atoms with Crippen LogP contribution in [0.25, 0.3) is 0 Å². The molecule has 0 aromatic heterocycles. The Morgan fingerprint density at radius 2 is 2.29 bits per heavy atom. The molecule has 1 aliphatic rings. The molecule has 1 amide bonds. The summed E-state index contributed by atoms with van der Waals surface area (Å²) in [7, 11) is 1.53. The summed E-state index contributed by atoms with van der Waals surface area (Å²) in [5.41, 5.74) is 1.12. The number of carbonyl (C=O) groups excluding carboxylic acids is 1. The second-order valence-corrected chi connectivity index (χ2v) is 4.96. The van der Waals surface area contributed by atoms with E-state index >= 15 is 0 Å². The van der Waals surface area contributed by atoms with Gasteiger partial charge in [-0.3, -0.25) is 4.79 Å². The smallest absolute Gasteiger partial charge is 0.253 e. The molecule has 2 rings (SSSR count). The van der Waals surface area contributed by atoms with Gasteiger partial charge >= 0.3 is 0 Å². The standard InChI is InChI=1S/C16H19NO4/c1-21-15-5-4-14(9-13(15)3-2-8-18)16(20)17-7-6-12(10-17)11-19/h4-5,9,12,18-19H,6-8,10-11H2,1H3. The molecule has 0 radical (unpaired) electrons. The van der Waals surface area contributed by atoms with Crippen molar-refractivity contribution in [2.75, 3.05) is 33.4 Å². The molecule has 0 aliphatic carbocycles. The number of benzene rings is 1. The fourth-order valence-corrected chi connectivity index (χ4v) is 2.42. The first kappa shape index (κ1) is 15.4. The first-order chi connectivity index (χ1) is 10.2. The number of aliphatic hydroxyl groups excluding tert-OH is 2. The number of likely N-dealkylation sites (tertiary alicyclic amines) is 1. The zero-order valence-corrected chi connectivity index (χ0v) is 12.0. The topological polar surface area (TPSA) is 70.0 Å². The Bertz CT molecular complexity index is 573. The largest absolute Gasteiger partial charge is 0.495 e. The second kappa shape index (κ2) is 7.11. The Balaban J connectivity index is 2.22. The number of amides is 1. The van der Waals surface area contributed by atoms with Gasteiger partial charge in [0.2, 0.25) is 0 Å². The minimum absolute atomic E-state index is 0.0688. The van der Waals surface area contributed by atoms with E-state index in [2.05, 4.69) is 11.8 Å². The number of rotatable bonds is 3. The van der Waals surface area contributed by atoms with Crippen molar-refractivity contribution in [3.63, 3.8) is 0 Å². The van der Waals surface area contributed by atoms with Crippen LogP contribution in [-0.4, -0.2) is 54.4 Å². The second-order valence-electron chi connectivity index (χ2n) is 4.96. The molecule has 0 saturated carbocycles. The van der Waals surface area contributed by atoms with Crippen LogP contribution in [0.15, 0.2) is 18.2 Å². The first-order valence-corrected chi connectivity index (χ1v) is 6.87. The molecule has 1 aliphatic heterocycles. The highest BCUT2D eigenvalue weighted by atomic mass is 16.5. The lowest BCUT2D eigenvalue weighted by Crippen LogP contribution is -2.29. The van der Waals surface area contributed by atoms with E-state index in [1.54, 1.807) is 23.1 Å². The highest BCUT2D eigenvalue weighted by molar-refractivity contribution is 5.95. The van der Waals surface area contributed by atoms with Gasteiger partial charge in [0.25, 0.3) is 5.91 Å². The van der Waals surface area contributed by atoms with Gasteiger partial charge < -0.3 is 19.8 Å². The third-order valence-electron chi connectivity index (χ3n) is 3.58. The van der Waals surface area contributed by atoms with Crippen molar-refractivity contribution in [1.82, 2.24) is 4.90 Å². The monoisotopic (exact) mass is 289 g/mol. The van der Waals surface area contributed by atoms with Gasteiger partial charge in [0.1, 0.15) is 12.4 Å². The van der Waals surface area contributed by atoms with Crippen LogP contribution in [0.2, 0.25) is 0 Å². The van der Waals surface area contributed by atoms with Gasteiger partial charge in [-0.1, -0.05) is 11.8 Å². The first-order valence-electron chi connectivity index (χ1n) is 6.87. The zero-order valence-electron chi connectivity index (χ0n) is 12.0. The Labute approximate surface area is 124 Å². The Hall–Kier alpha value is -2.03. The molecule has 1 atom stereocenters. The number of hydrogen-bond donors (Lipinski definition) is 2. The molecular formula is C16H19NO4. The molecule has 2 N–H and O–H groups in total. The van der Waals surface area contributed by atoms with Crippen LogP contribution in [0.5, 0.6) is 5.75 Å². The summed E-state index contributed by atoms with van der Waals surface area (Å²) >= 11 is 0. The van der Waals surface area contributed by atoms with Crippen molar-refractivity contribution >= 4 is 5.91 Å². The molecule has 0 bridgehead atoms. The van der Waals surface area contributed by atoms with E-state index in [-0.39, 0.29) is 25.0 Å². The summed E-state index contributed by atoms with van der Waals surface area (Å²) in [5.74, 6) is 6.01. The zero-order chi connectivity index (χ0) is 15.2. The van der Waals surface area contributed by atoms with Crippen molar-refractivity contribution in [3.8, 4) is 17.6 Å². The van der Waals surface area contributed by atoms with E-state index in [4.69, 9.17) is 14.9 Å². The van der Waals surface area contributed by atoms with Crippen molar-refractivity contribution < 1.29 is 19.7 Å². The summed E-state index contributed by atoms with van der Waals surface area (Å²) in [6.07, 6.45) is 0.829. The van der Waals surface area contributed by atoms with Gasteiger partial charge in [-0.15, -0.1) is 0 Å². The normalized spacial score (nSPS) is 17.3. The number of aliphatic hydroxyl groups is 2. The minimum Gasteiger partial charge on any atom is -0.495 e. The van der Waals surface area contributed by atoms with E-state index in [1.165, 1.54) is 7.11 Å². The van der Waals surface area contributed by atoms with E-state index in [0.29, 0.717) is 30.0 Å². The molecule has 1 saturated heterocycles. The lowest BCUT2D eigenvalue weighted by molar-refractivity contribution is 0.0782. The molecule has 21 heavy (non-hydrogen) atoms. The summed E-state index contributed by atoms with van der Waals surface area (Å²) in [4.78, 5) is 14.2. The predicted molar refractivity (Wildman–Crippen MR) is 78.1 cm³/mol. The Morgan fingerprint density at radius 3 is 2.90 bits per heavy atom. The highest BCUT2D eigenvalue weighted by Gasteiger charge is 2.26. The molecule has 1 aromatic rings. The van der Waals surface area contributed by atoms with Gasteiger partial charge in [0.05, 0.1) is 12.7 Å². The number of carbonyl (C=O) groups is 1. The molecule has 1 unspecified atom stereocenters. The van der Waals surface area contributed by atoms with Crippen LogP contribution in [0.3, 0.4) is 0 Å². The third-order valence-corrected chi connectivity index (χ3v) is 3.58. The molecule has 0 spiro atoms. The molecule has 5 heteroatoms. The quantitative estimate of drug-likeness (QED) is 0.795. The highest BCUT2D eigenvalue weighted by Crippen LogP contribution is 2.22. The summed E-state index contributed by atoms with van der Waals surface area (Å²) in [6, 6.07) is 5.09. The molecular weight excluding hydrogens is 270 g/mol. The maximum absolute atomic E-state index is 12.4. The molecule has 1 heterocycles. The van der Waals surface area contributed by atoms with Gasteiger partial charge in [-0.25, -0.2) is 0 Å². The van der Waals surface area contributed by atoms with Crippen molar-refractivity contribution in [2.45, 2.75) is 6.42 Å². The predicted octanol–water partition coefficient (Wildman–Crippen LogP) is 0.493. The fourth-order valence-electron chi connectivity index (χ4n) is 2.42. The third kappa shape index (κ3) is 3.54. The van der Waals surface area contributed by atoms with Crippen LogP contribution in [0.4, 0.5) is 0 Å². The van der Waals surface area contributed by atoms with E-state index < -0.39 is 0 Å². The maximum Gasteiger partial charge on any atom is 0.253 e. The van der Waals surface area contributed by atoms with Crippen molar-refractivity contribution in [3.05, 3.63) is 29.3 Å². The molecule has 5 nitrogen and oxygen atoms in total. The Morgan fingerprint density at radius 1 is 1.48 bits per heavy atom. The number of ether oxygens (including phenoxy) is 1. The summed E-state index contributed by atoms with van der Waals surface area (Å²) in [6.45, 7) is 1.11. The van der Waals surface area contributed by atoms with E-state index in [1.807, 2.05) is 0 Å². The van der Waals surface area contributed by atoms with Gasteiger partial charge in [0.15, 0.2) is 0 Å². The molecule has 1 aromatic carbocycles. The van der Waals surface area contributed by atoms with Gasteiger partial charge in [-0.2, -0.15) is 0 Å². The van der Waals surface area contributed by atoms with Crippen molar-refractivity contribution in [2.24, 2.45) is 5.92 Å². The van der Waals surface area contributed by atoms with E-state index in [9.17, 15) is 4.79 Å². The van der Waals surface area contributed by atoms with Crippen molar-refractivity contribution in [1.29, 1.82) is 0 Å². The van der Waals surface area contributed by atoms with Crippen LogP contribution < -0.4 is 4.74 Å². The van der Waals surface area contributed by atoms with E-state index in [0.717, 1.165) is 6.42 Å². The number of hydrogen-bond acceptors (Lipinski definition) is 4. The van der Waals surface area contributed by atoms with Gasteiger partial charge in [0, 0.05) is 31.2 Å². The number of methoxy groups -OCH3 is 1. The average Bonchev–Trinajstić information content (AvgIpc) is 3.00. The SMILES string of the molecule is COc1ccc(C(=O)N2CCC(CO)C2)cc1C#CCO. The molecule has 112 valence electrons. The summed E-state index contributed by atoms with van der Waals surface area (Å²) < 4.78 is 5.19. The maximum atomic E-state index is 12.4. The van der Waals surface area contributed by atoms with Crippen LogP contribution in [0, 0.1) is 17.8 Å². The average molecular weight is 289 g/mol. The van der Waals surface area contributed by atoms with Crippen LogP contribution in [-0.2, 0) is 0 Å². The lowest BCUT2D eigenvalue weighted by atomic mass is 10.1.